The number of unbranched alkanes of at least 4 members (excludes halogenated alkanes) is 4. The molecule has 0 aromatic heterocycles. The van der Waals surface area contributed by atoms with E-state index in [4.69, 9.17) is 29.4 Å². The lowest BCUT2D eigenvalue weighted by atomic mass is 9.88. The van der Waals surface area contributed by atoms with Gasteiger partial charge in [0.05, 0.1) is 25.4 Å². The van der Waals surface area contributed by atoms with Gasteiger partial charge in [0.2, 0.25) is 0 Å². The van der Waals surface area contributed by atoms with Crippen molar-refractivity contribution in [3.8, 4) is 0 Å². The number of rotatable bonds is 16. The zero-order valence-electron chi connectivity index (χ0n) is 20.3. The third-order valence-corrected chi connectivity index (χ3v) is 6.71. The first-order valence-electron chi connectivity index (χ1n) is 11.5. The molecule has 0 aliphatic heterocycles. The lowest BCUT2D eigenvalue weighted by molar-refractivity contribution is -0.0322. The van der Waals surface area contributed by atoms with Gasteiger partial charge in [-0.05, 0) is 24.8 Å². The van der Waals surface area contributed by atoms with Crippen LogP contribution in [0.5, 0.6) is 0 Å². The molecule has 0 aliphatic rings. The highest BCUT2D eigenvalue weighted by atomic mass is 31.3. The standard InChI is InChI=1S/C22H38O3.H4O7P2/c1-18(2)12-8-5-4-6-11-15-21(20-13-9-7-10-14-20)22(24)17-25-19(3)16-23;1-8(2,3)7-9(4,5)6/h7,9-10,13-14,18-19,21-24H,4-6,8,11-12,15-17H2,1-3H3;(H2,1,2,3)(H2,4,5,6). The first-order valence-corrected chi connectivity index (χ1v) is 14.6. The number of phosphoric acid groups is 2. The first-order chi connectivity index (χ1) is 15.7. The molecule has 3 unspecified atom stereocenters. The van der Waals surface area contributed by atoms with Crippen molar-refractivity contribution in [3.63, 3.8) is 0 Å². The molecular formula is C22H42O10P2. The van der Waals surface area contributed by atoms with Crippen LogP contribution in [0.25, 0.3) is 0 Å². The van der Waals surface area contributed by atoms with Gasteiger partial charge < -0.3 is 34.5 Å². The Morgan fingerprint density at radius 3 is 1.76 bits per heavy atom. The van der Waals surface area contributed by atoms with E-state index in [9.17, 15) is 14.2 Å². The maximum absolute atomic E-state index is 10.6. The summed E-state index contributed by atoms with van der Waals surface area (Å²) in [6.45, 7) is 6.65. The summed E-state index contributed by atoms with van der Waals surface area (Å²) < 4.78 is 27.7. The van der Waals surface area contributed by atoms with Crippen molar-refractivity contribution in [2.24, 2.45) is 5.92 Å². The molecule has 3 atom stereocenters. The smallest absolute Gasteiger partial charge is 0.394 e. The van der Waals surface area contributed by atoms with Gasteiger partial charge in [0.25, 0.3) is 0 Å². The molecule has 34 heavy (non-hydrogen) atoms. The Kier molecular flexibility index (Phi) is 17.4. The molecular weight excluding hydrogens is 486 g/mol. The quantitative estimate of drug-likeness (QED) is 0.135. The van der Waals surface area contributed by atoms with Crippen molar-refractivity contribution >= 4 is 15.6 Å². The van der Waals surface area contributed by atoms with E-state index < -0.39 is 21.7 Å². The molecule has 0 radical (unpaired) electrons. The van der Waals surface area contributed by atoms with Gasteiger partial charge in [-0.25, -0.2) is 9.13 Å². The van der Waals surface area contributed by atoms with Crippen molar-refractivity contribution in [3.05, 3.63) is 35.9 Å². The number of benzene rings is 1. The second kappa shape index (κ2) is 17.7. The summed E-state index contributed by atoms with van der Waals surface area (Å²) in [6.07, 6.45) is 7.82. The molecule has 1 aromatic carbocycles. The monoisotopic (exact) mass is 528 g/mol. The van der Waals surface area contributed by atoms with E-state index in [2.05, 4.69) is 30.3 Å². The fourth-order valence-corrected chi connectivity index (χ4v) is 4.41. The molecule has 6 N–H and O–H groups in total. The molecule has 0 bridgehead atoms. The van der Waals surface area contributed by atoms with Crippen LogP contribution in [-0.2, 0) is 18.2 Å². The van der Waals surface area contributed by atoms with E-state index in [-0.39, 0.29) is 25.2 Å². The van der Waals surface area contributed by atoms with Crippen molar-refractivity contribution < 1.29 is 48.0 Å². The van der Waals surface area contributed by atoms with Crippen LogP contribution in [0.15, 0.2) is 30.3 Å². The Labute approximate surface area is 202 Å². The van der Waals surface area contributed by atoms with Crippen molar-refractivity contribution in [1.29, 1.82) is 0 Å². The van der Waals surface area contributed by atoms with E-state index >= 15 is 0 Å². The topological polar surface area (TPSA) is 174 Å². The van der Waals surface area contributed by atoms with Crippen molar-refractivity contribution in [2.45, 2.75) is 83.8 Å². The summed E-state index contributed by atoms with van der Waals surface area (Å²) >= 11 is 0. The summed E-state index contributed by atoms with van der Waals surface area (Å²) in [4.78, 5) is 31.0. The summed E-state index contributed by atoms with van der Waals surface area (Å²) in [5.74, 6) is 0.904. The number of ether oxygens (including phenoxy) is 1. The van der Waals surface area contributed by atoms with Crippen molar-refractivity contribution in [2.75, 3.05) is 13.2 Å². The molecule has 1 rings (SSSR count). The number of hydrogen-bond acceptors (Lipinski definition) is 6. The zero-order valence-corrected chi connectivity index (χ0v) is 22.1. The van der Waals surface area contributed by atoms with Crippen LogP contribution in [0.4, 0.5) is 0 Å². The number of aliphatic hydroxyl groups excluding tert-OH is 2. The normalized spacial score (nSPS) is 14.9. The van der Waals surface area contributed by atoms with Gasteiger partial charge in [-0.2, -0.15) is 4.31 Å². The Balaban J connectivity index is 0.00000102. The minimum atomic E-state index is -5.05. The largest absolute Gasteiger partial charge is 0.478 e. The average molecular weight is 529 g/mol. The second-order valence-corrected chi connectivity index (χ2v) is 11.3. The van der Waals surface area contributed by atoms with Gasteiger partial charge in [-0.1, -0.05) is 82.7 Å². The van der Waals surface area contributed by atoms with E-state index in [1.165, 1.54) is 37.7 Å². The SMILES string of the molecule is CC(C)CCCCCCCC(c1ccccc1)C(O)COC(C)CO.O=P(O)(O)OP(=O)(O)O. The third-order valence-electron chi connectivity index (χ3n) is 5.01. The molecule has 0 aliphatic carbocycles. The predicted molar refractivity (Wildman–Crippen MR) is 130 cm³/mol. The summed E-state index contributed by atoms with van der Waals surface area (Å²) in [5.41, 5.74) is 1.18. The minimum Gasteiger partial charge on any atom is -0.394 e. The van der Waals surface area contributed by atoms with E-state index in [0.29, 0.717) is 0 Å². The Bertz CT molecular complexity index is 700. The van der Waals surface area contributed by atoms with Gasteiger partial charge in [0, 0.05) is 5.92 Å². The molecule has 12 heteroatoms. The minimum absolute atomic E-state index is 0.0148. The summed E-state index contributed by atoms with van der Waals surface area (Å²) in [7, 11) is -10.1. The molecule has 0 heterocycles. The molecule has 0 saturated heterocycles. The van der Waals surface area contributed by atoms with Crippen LogP contribution < -0.4 is 0 Å². The average Bonchev–Trinajstić information content (AvgIpc) is 2.72. The molecule has 0 amide bonds. The van der Waals surface area contributed by atoms with E-state index in [1.807, 2.05) is 25.1 Å². The van der Waals surface area contributed by atoms with Gasteiger partial charge in [0.1, 0.15) is 0 Å². The summed E-state index contributed by atoms with van der Waals surface area (Å²) in [5, 5.41) is 19.7. The predicted octanol–water partition coefficient (Wildman–Crippen LogP) is 4.10. The van der Waals surface area contributed by atoms with Crippen LogP contribution in [0.2, 0.25) is 0 Å². The van der Waals surface area contributed by atoms with Crippen LogP contribution >= 0.6 is 15.6 Å². The van der Waals surface area contributed by atoms with Gasteiger partial charge >= 0.3 is 15.6 Å². The highest BCUT2D eigenvalue weighted by Gasteiger charge is 2.28. The summed E-state index contributed by atoms with van der Waals surface area (Å²) in [6, 6.07) is 10.2. The van der Waals surface area contributed by atoms with E-state index in [0.717, 1.165) is 18.8 Å². The first kappa shape index (κ1) is 33.4. The third kappa shape index (κ3) is 19.6. The van der Waals surface area contributed by atoms with E-state index in [1.54, 1.807) is 0 Å². The maximum Gasteiger partial charge on any atom is 0.478 e. The highest BCUT2D eigenvalue weighted by molar-refractivity contribution is 7.60. The van der Waals surface area contributed by atoms with Crippen LogP contribution in [0.1, 0.15) is 77.2 Å². The molecule has 10 nitrogen and oxygen atoms in total. The van der Waals surface area contributed by atoms with Crippen LogP contribution in [-0.4, -0.2) is 55.2 Å². The molecule has 0 fully saturated rings. The second-order valence-electron chi connectivity index (χ2n) is 8.71. The van der Waals surface area contributed by atoms with Crippen molar-refractivity contribution in [1.82, 2.24) is 0 Å². The fourth-order valence-electron chi connectivity index (χ4n) is 3.30. The highest BCUT2D eigenvalue weighted by Crippen LogP contribution is 2.53. The molecule has 0 spiro atoms. The molecule has 0 saturated carbocycles. The number of hydrogen-bond donors (Lipinski definition) is 6. The Morgan fingerprint density at radius 2 is 1.32 bits per heavy atom. The van der Waals surface area contributed by atoms with Crippen LogP contribution in [0.3, 0.4) is 0 Å². The Morgan fingerprint density at radius 1 is 0.824 bits per heavy atom. The van der Waals surface area contributed by atoms with Gasteiger partial charge in [0.15, 0.2) is 0 Å². The maximum atomic E-state index is 10.6. The lowest BCUT2D eigenvalue weighted by Gasteiger charge is -2.24. The van der Waals surface area contributed by atoms with Gasteiger partial charge in [-0.15, -0.1) is 0 Å². The zero-order chi connectivity index (χ0) is 26.2. The fraction of sp³-hybridized carbons (Fsp3) is 0.727. The Hall–Kier alpha value is -0.640. The van der Waals surface area contributed by atoms with Crippen LogP contribution in [0, 0.1) is 5.92 Å². The lowest BCUT2D eigenvalue weighted by Crippen LogP contribution is -2.27. The van der Waals surface area contributed by atoms with Gasteiger partial charge in [-0.3, -0.25) is 0 Å². The number of aliphatic hydroxyl groups is 2. The molecule has 1 aromatic rings. The molecule has 200 valence electrons.